The Morgan fingerprint density at radius 3 is 1.79 bits per heavy atom. The molecular formula is C61H48N2. The van der Waals surface area contributed by atoms with E-state index >= 15 is 0 Å². The largest absolute Gasteiger partial charge is 0.399 e. The van der Waals surface area contributed by atoms with Crippen molar-refractivity contribution in [1.29, 1.82) is 0 Å². The van der Waals surface area contributed by atoms with Crippen molar-refractivity contribution in [3.05, 3.63) is 283 Å². The van der Waals surface area contributed by atoms with E-state index < -0.39 is 0 Å². The van der Waals surface area contributed by atoms with E-state index in [4.69, 9.17) is 11.5 Å². The summed E-state index contributed by atoms with van der Waals surface area (Å²) in [5, 5.41) is 0. The Bertz CT molecular complexity index is 3050. The van der Waals surface area contributed by atoms with Crippen LogP contribution in [0.1, 0.15) is 38.9 Å². The molecule has 0 aromatic heterocycles. The molecule has 0 saturated carbocycles. The average Bonchev–Trinajstić information content (AvgIpc) is 3.81. The van der Waals surface area contributed by atoms with E-state index in [1.54, 1.807) is 6.08 Å². The molecule has 0 saturated heterocycles. The van der Waals surface area contributed by atoms with Gasteiger partial charge in [0.05, 0.1) is 5.41 Å². The number of nitrogens with two attached hydrogens (primary N) is 2. The lowest BCUT2D eigenvalue weighted by Crippen LogP contribution is -2.26. The van der Waals surface area contributed by atoms with Crippen molar-refractivity contribution in [3.8, 4) is 45.2 Å². The van der Waals surface area contributed by atoms with E-state index in [1.165, 1.54) is 61.2 Å². The smallest absolute Gasteiger partial charge is 0.0726 e. The number of anilines is 2. The highest BCUT2D eigenvalue weighted by Gasteiger charge is 2.51. The van der Waals surface area contributed by atoms with E-state index in [0.717, 1.165) is 28.1 Å². The summed E-state index contributed by atoms with van der Waals surface area (Å²) in [6.07, 6.45) is 13.7. The molecule has 63 heavy (non-hydrogen) atoms. The predicted molar refractivity (Wildman–Crippen MR) is 271 cm³/mol. The van der Waals surface area contributed by atoms with Gasteiger partial charge in [0.15, 0.2) is 0 Å². The van der Waals surface area contributed by atoms with Gasteiger partial charge in [-0.2, -0.15) is 0 Å². The van der Waals surface area contributed by atoms with Crippen molar-refractivity contribution in [3.63, 3.8) is 0 Å². The van der Waals surface area contributed by atoms with E-state index in [-0.39, 0.29) is 5.41 Å². The Balaban J connectivity index is 0.000000147. The molecule has 2 heteroatoms. The van der Waals surface area contributed by atoms with Gasteiger partial charge in [0.2, 0.25) is 0 Å². The summed E-state index contributed by atoms with van der Waals surface area (Å²) in [4.78, 5) is 0. The van der Waals surface area contributed by atoms with Crippen LogP contribution in [0.3, 0.4) is 0 Å². The van der Waals surface area contributed by atoms with Crippen LogP contribution in [0.15, 0.2) is 244 Å². The third kappa shape index (κ3) is 8.64. The molecule has 302 valence electrons. The fourth-order valence-corrected chi connectivity index (χ4v) is 8.67. The maximum Gasteiger partial charge on any atom is 0.0726 e. The molecule has 1 unspecified atom stereocenters. The third-order valence-corrected chi connectivity index (χ3v) is 11.4. The molecule has 0 radical (unpaired) electrons. The van der Waals surface area contributed by atoms with Crippen LogP contribution in [0.5, 0.6) is 0 Å². The standard InChI is InChI=1S/C31H21N.C18H16.C12H11N/c1-2-3-4-5-11-21-18-19-23-22-12-6-8-14-25(22)31(28(23)20-21)26-15-9-7-13-24(26)30-27(31)16-10-17-29(30)32;1-2-17(18-13-7-4-8-14-18)15-9-12-16-10-5-3-6-11-16;13-12-8-4-7-11(9-12)10-5-2-1-3-6-10/h2,5-20H,1,32H2;2-15H,1H2;1-9H,13H2/b11-5-;12-9-,17-15+;. The van der Waals surface area contributed by atoms with E-state index in [2.05, 4.69) is 171 Å². The van der Waals surface area contributed by atoms with Crippen LogP contribution < -0.4 is 11.5 Å². The lowest BCUT2D eigenvalue weighted by molar-refractivity contribution is 0.793. The minimum atomic E-state index is -0.371. The molecule has 8 aromatic rings. The van der Waals surface area contributed by atoms with Crippen LogP contribution in [0.2, 0.25) is 0 Å². The molecule has 0 heterocycles. The summed E-state index contributed by atoms with van der Waals surface area (Å²) in [6.45, 7) is 7.52. The number of fused-ring (bicyclic) bond motifs is 10. The third-order valence-electron chi connectivity index (χ3n) is 11.4. The van der Waals surface area contributed by atoms with Crippen LogP contribution >= 0.6 is 0 Å². The second-order valence-corrected chi connectivity index (χ2v) is 15.2. The summed E-state index contributed by atoms with van der Waals surface area (Å²) >= 11 is 0. The van der Waals surface area contributed by atoms with E-state index in [9.17, 15) is 0 Å². The molecule has 1 atom stereocenters. The highest BCUT2D eigenvalue weighted by atomic mass is 14.6. The molecule has 8 aromatic carbocycles. The lowest BCUT2D eigenvalue weighted by Gasteiger charge is -2.30. The Kier molecular flexibility index (Phi) is 12.7. The number of benzene rings is 8. The average molecular weight is 809 g/mol. The van der Waals surface area contributed by atoms with Gasteiger partial charge >= 0.3 is 0 Å². The second-order valence-electron chi connectivity index (χ2n) is 15.2. The van der Waals surface area contributed by atoms with Crippen molar-refractivity contribution < 1.29 is 0 Å². The number of hydrogen-bond acceptors (Lipinski definition) is 2. The van der Waals surface area contributed by atoms with Gasteiger partial charge in [0.1, 0.15) is 0 Å². The van der Waals surface area contributed by atoms with Gasteiger partial charge in [0, 0.05) is 16.9 Å². The first-order valence-corrected chi connectivity index (χ1v) is 21.1. The SMILES string of the molecule is C=C/C(=C\C=C/c1ccccc1)c1ccccc1.C=CC#C/C=C\c1ccc2c(c1)C1(c3ccccc3-2)c2ccccc2-c2c(N)cccc21.Nc1cccc(-c2ccccc2)c1. The van der Waals surface area contributed by atoms with Gasteiger partial charge in [-0.1, -0.05) is 225 Å². The molecule has 2 aliphatic rings. The maximum absolute atomic E-state index is 6.57. The fraction of sp³-hybridized carbons (Fsp3) is 0.0164. The minimum absolute atomic E-state index is 0.371. The van der Waals surface area contributed by atoms with Gasteiger partial charge < -0.3 is 11.5 Å². The van der Waals surface area contributed by atoms with Crippen LogP contribution in [0.25, 0.3) is 51.1 Å². The van der Waals surface area contributed by atoms with Crippen LogP contribution in [-0.2, 0) is 5.41 Å². The first-order valence-electron chi connectivity index (χ1n) is 21.1. The molecule has 0 aliphatic heterocycles. The molecule has 2 aliphatic carbocycles. The molecule has 0 bridgehead atoms. The topological polar surface area (TPSA) is 52.0 Å². The molecule has 0 amide bonds. The van der Waals surface area contributed by atoms with Crippen LogP contribution in [0, 0.1) is 11.8 Å². The van der Waals surface area contributed by atoms with Crippen LogP contribution in [-0.4, -0.2) is 0 Å². The molecule has 10 rings (SSSR count). The van der Waals surface area contributed by atoms with Gasteiger partial charge in [0.25, 0.3) is 0 Å². The molecule has 2 nitrogen and oxygen atoms in total. The van der Waals surface area contributed by atoms with Crippen molar-refractivity contribution in [2.45, 2.75) is 5.41 Å². The van der Waals surface area contributed by atoms with Crippen molar-refractivity contribution >= 4 is 29.1 Å². The Morgan fingerprint density at radius 2 is 1.08 bits per heavy atom. The monoisotopic (exact) mass is 808 g/mol. The van der Waals surface area contributed by atoms with Crippen molar-refractivity contribution in [2.75, 3.05) is 11.5 Å². The number of allylic oxidation sites excluding steroid dienone is 6. The molecule has 0 fully saturated rings. The van der Waals surface area contributed by atoms with E-state index in [0.29, 0.717) is 0 Å². The first kappa shape index (κ1) is 41.4. The Morgan fingerprint density at radius 1 is 0.476 bits per heavy atom. The number of nitrogen functional groups attached to an aromatic ring is 2. The number of rotatable bonds is 6. The predicted octanol–water partition coefficient (Wildman–Crippen LogP) is 14.7. The summed E-state index contributed by atoms with van der Waals surface area (Å²) in [7, 11) is 0. The summed E-state index contributed by atoms with van der Waals surface area (Å²) < 4.78 is 0. The van der Waals surface area contributed by atoms with Gasteiger partial charge in [-0.15, -0.1) is 0 Å². The second kappa shape index (κ2) is 19.3. The highest BCUT2D eigenvalue weighted by Crippen LogP contribution is 2.63. The van der Waals surface area contributed by atoms with E-state index in [1.807, 2.05) is 91.0 Å². The van der Waals surface area contributed by atoms with Gasteiger partial charge in [-0.3, -0.25) is 0 Å². The molecule has 4 N–H and O–H groups in total. The van der Waals surface area contributed by atoms with Gasteiger partial charge in [-0.05, 0) is 115 Å². The Hall–Kier alpha value is -8.38. The Labute approximate surface area is 372 Å². The lowest BCUT2D eigenvalue weighted by atomic mass is 9.70. The normalized spacial score (nSPS) is 13.9. The summed E-state index contributed by atoms with van der Waals surface area (Å²) in [5.74, 6) is 5.88. The van der Waals surface area contributed by atoms with Crippen molar-refractivity contribution in [2.24, 2.45) is 0 Å². The number of hydrogen-bond donors (Lipinski definition) is 2. The van der Waals surface area contributed by atoms with Gasteiger partial charge in [-0.25, -0.2) is 0 Å². The zero-order chi connectivity index (χ0) is 43.4. The summed E-state index contributed by atoms with van der Waals surface area (Å²) in [6, 6.07) is 69.2. The quantitative estimate of drug-likeness (QED) is 0.0999. The maximum atomic E-state index is 6.57. The molecular weight excluding hydrogens is 761 g/mol. The van der Waals surface area contributed by atoms with Crippen molar-refractivity contribution in [1.82, 2.24) is 0 Å². The zero-order valence-corrected chi connectivity index (χ0v) is 35.2. The highest BCUT2D eigenvalue weighted by molar-refractivity contribution is 5.98. The molecule has 1 spiro atoms. The first-order chi connectivity index (χ1) is 31.0. The zero-order valence-electron chi connectivity index (χ0n) is 35.2. The van der Waals surface area contributed by atoms with Crippen LogP contribution in [0.4, 0.5) is 11.4 Å². The fourth-order valence-electron chi connectivity index (χ4n) is 8.67. The minimum Gasteiger partial charge on any atom is -0.399 e. The summed E-state index contributed by atoms with van der Waals surface area (Å²) in [5.41, 5.74) is 30.7.